The molecule has 1 atom stereocenters. The molecule has 0 heterocycles. The highest BCUT2D eigenvalue weighted by molar-refractivity contribution is 4.70. The van der Waals surface area contributed by atoms with Crippen LogP contribution in [0, 0.1) is 5.92 Å². The molecule has 0 aliphatic heterocycles. The third kappa shape index (κ3) is 4.07. The second kappa shape index (κ2) is 6.44. The summed E-state index contributed by atoms with van der Waals surface area (Å²) in [5.41, 5.74) is 0. The van der Waals surface area contributed by atoms with Crippen LogP contribution in [0.1, 0.15) is 27.2 Å². The Bertz CT molecular complexity index is 104. The predicted molar refractivity (Wildman–Crippen MR) is 53.4 cm³/mol. The van der Waals surface area contributed by atoms with Crippen LogP contribution in [-0.4, -0.2) is 38.3 Å². The molecule has 0 spiro atoms. The topological polar surface area (TPSA) is 12.5 Å². The van der Waals surface area contributed by atoms with Gasteiger partial charge in [0.15, 0.2) is 0 Å². The van der Waals surface area contributed by atoms with Crippen molar-refractivity contribution in [3.05, 3.63) is 0 Å². The maximum absolute atomic E-state index is 5.05. The van der Waals surface area contributed by atoms with Crippen LogP contribution in [0.2, 0.25) is 0 Å². The summed E-state index contributed by atoms with van der Waals surface area (Å²) in [6.45, 7) is 8.66. The van der Waals surface area contributed by atoms with E-state index >= 15 is 0 Å². The van der Waals surface area contributed by atoms with Crippen LogP contribution in [0.5, 0.6) is 0 Å². The fourth-order valence-electron chi connectivity index (χ4n) is 1.69. The first-order chi connectivity index (χ1) is 5.63. The van der Waals surface area contributed by atoms with Crippen molar-refractivity contribution >= 4 is 0 Å². The van der Waals surface area contributed by atoms with E-state index in [1.54, 1.807) is 7.11 Å². The Kier molecular flexibility index (Phi) is 6.39. The van der Waals surface area contributed by atoms with Crippen molar-refractivity contribution in [1.29, 1.82) is 0 Å². The van der Waals surface area contributed by atoms with Gasteiger partial charge in [0.25, 0.3) is 0 Å². The minimum Gasteiger partial charge on any atom is -0.383 e. The first-order valence-corrected chi connectivity index (χ1v) is 4.82. The quantitative estimate of drug-likeness (QED) is 0.609. The normalized spacial score (nSPS) is 14.2. The molecule has 0 aromatic carbocycles. The zero-order valence-electron chi connectivity index (χ0n) is 9.13. The van der Waals surface area contributed by atoms with E-state index in [1.807, 2.05) is 0 Å². The van der Waals surface area contributed by atoms with Crippen LogP contribution < -0.4 is 0 Å². The van der Waals surface area contributed by atoms with Crippen molar-refractivity contribution in [2.45, 2.75) is 33.2 Å². The lowest BCUT2D eigenvalue weighted by molar-refractivity contribution is 0.119. The largest absolute Gasteiger partial charge is 0.383 e. The molecule has 0 radical (unpaired) electrons. The molecule has 1 unspecified atom stereocenters. The van der Waals surface area contributed by atoms with Gasteiger partial charge in [-0.2, -0.15) is 0 Å². The van der Waals surface area contributed by atoms with Crippen LogP contribution >= 0.6 is 0 Å². The number of rotatable bonds is 6. The number of hydrogen-bond donors (Lipinski definition) is 0. The van der Waals surface area contributed by atoms with E-state index in [-0.39, 0.29) is 0 Å². The number of hydrogen-bond acceptors (Lipinski definition) is 2. The van der Waals surface area contributed by atoms with Crippen molar-refractivity contribution < 1.29 is 4.74 Å². The lowest BCUT2D eigenvalue weighted by Crippen LogP contribution is -2.37. The highest BCUT2D eigenvalue weighted by Crippen LogP contribution is 2.11. The molecule has 0 saturated carbocycles. The van der Waals surface area contributed by atoms with Crippen molar-refractivity contribution in [3.8, 4) is 0 Å². The molecule has 0 saturated heterocycles. The predicted octanol–water partition coefficient (Wildman–Crippen LogP) is 2.00. The fraction of sp³-hybridized carbons (Fsp3) is 1.00. The lowest BCUT2D eigenvalue weighted by Gasteiger charge is -2.29. The first kappa shape index (κ1) is 11.9. The molecular formula is C10H23NO. The number of methoxy groups -OCH3 is 1. The van der Waals surface area contributed by atoms with Crippen LogP contribution in [0.3, 0.4) is 0 Å². The summed E-state index contributed by atoms with van der Waals surface area (Å²) in [4.78, 5) is 2.38. The molecule has 0 rings (SSSR count). The SMILES string of the molecule is CCC(C(C)C)N(C)CCOC. The van der Waals surface area contributed by atoms with Gasteiger partial charge >= 0.3 is 0 Å². The van der Waals surface area contributed by atoms with Crippen LogP contribution in [0.25, 0.3) is 0 Å². The average Bonchev–Trinajstić information content (AvgIpc) is 2.01. The smallest absolute Gasteiger partial charge is 0.0589 e. The Hall–Kier alpha value is -0.0800. The highest BCUT2D eigenvalue weighted by atomic mass is 16.5. The van der Waals surface area contributed by atoms with E-state index in [4.69, 9.17) is 4.74 Å². The highest BCUT2D eigenvalue weighted by Gasteiger charge is 2.15. The number of ether oxygens (including phenoxy) is 1. The van der Waals surface area contributed by atoms with Crippen molar-refractivity contribution in [3.63, 3.8) is 0 Å². The van der Waals surface area contributed by atoms with Crippen LogP contribution in [-0.2, 0) is 4.74 Å². The molecule has 12 heavy (non-hydrogen) atoms. The molecule has 0 amide bonds. The molecule has 2 nitrogen and oxygen atoms in total. The third-order valence-corrected chi connectivity index (χ3v) is 2.40. The lowest BCUT2D eigenvalue weighted by atomic mass is 10.0. The van der Waals surface area contributed by atoms with E-state index in [9.17, 15) is 0 Å². The molecule has 2 heteroatoms. The summed E-state index contributed by atoms with van der Waals surface area (Å²) in [6, 6.07) is 0.695. The Morgan fingerprint density at radius 2 is 1.92 bits per heavy atom. The third-order valence-electron chi connectivity index (χ3n) is 2.40. The van der Waals surface area contributed by atoms with Gasteiger partial charge in [0.2, 0.25) is 0 Å². The minimum atomic E-state index is 0.695. The van der Waals surface area contributed by atoms with Gasteiger partial charge in [-0.25, -0.2) is 0 Å². The van der Waals surface area contributed by atoms with Gasteiger partial charge in [-0.1, -0.05) is 20.8 Å². The summed E-state index contributed by atoms with van der Waals surface area (Å²) in [6.07, 6.45) is 1.22. The second-order valence-electron chi connectivity index (χ2n) is 3.69. The van der Waals surface area contributed by atoms with E-state index in [2.05, 4.69) is 32.7 Å². The minimum absolute atomic E-state index is 0.695. The van der Waals surface area contributed by atoms with Crippen LogP contribution in [0.4, 0.5) is 0 Å². The number of likely N-dealkylation sites (N-methyl/N-ethyl adjacent to an activating group) is 1. The standard InChI is InChI=1S/C10H23NO/c1-6-10(9(2)3)11(4)7-8-12-5/h9-10H,6-8H2,1-5H3. The Morgan fingerprint density at radius 1 is 1.33 bits per heavy atom. The van der Waals surface area contributed by atoms with Gasteiger partial charge in [0, 0.05) is 19.7 Å². The molecule has 0 aromatic rings. The second-order valence-corrected chi connectivity index (χ2v) is 3.69. The molecule has 74 valence electrons. The van der Waals surface area contributed by atoms with Gasteiger partial charge in [-0.15, -0.1) is 0 Å². The molecular weight excluding hydrogens is 150 g/mol. The average molecular weight is 173 g/mol. The zero-order valence-corrected chi connectivity index (χ0v) is 9.13. The fourth-order valence-corrected chi connectivity index (χ4v) is 1.69. The van der Waals surface area contributed by atoms with Crippen molar-refractivity contribution in [2.24, 2.45) is 5.92 Å². The molecule has 0 aliphatic carbocycles. The van der Waals surface area contributed by atoms with Gasteiger partial charge in [0.05, 0.1) is 6.61 Å². The summed E-state index contributed by atoms with van der Waals surface area (Å²) in [7, 11) is 3.93. The van der Waals surface area contributed by atoms with Crippen LogP contribution in [0.15, 0.2) is 0 Å². The molecule has 0 aromatic heterocycles. The Morgan fingerprint density at radius 3 is 2.25 bits per heavy atom. The van der Waals surface area contributed by atoms with Gasteiger partial charge in [-0.05, 0) is 19.4 Å². The Balaban J connectivity index is 3.77. The summed E-state index contributed by atoms with van der Waals surface area (Å²) >= 11 is 0. The van der Waals surface area contributed by atoms with E-state index in [0.717, 1.165) is 19.1 Å². The van der Waals surface area contributed by atoms with Gasteiger partial charge < -0.3 is 9.64 Å². The molecule has 0 N–H and O–H groups in total. The number of nitrogens with zero attached hydrogens (tertiary/aromatic N) is 1. The van der Waals surface area contributed by atoms with E-state index < -0.39 is 0 Å². The summed E-state index contributed by atoms with van der Waals surface area (Å²) in [5, 5.41) is 0. The summed E-state index contributed by atoms with van der Waals surface area (Å²) in [5.74, 6) is 0.733. The molecule has 0 bridgehead atoms. The first-order valence-electron chi connectivity index (χ1n) is 4.82. The molecule has 0 fully saturated rings. The van der Waals surface area contributed by atoms with Crippen molar-refractivity contribution in [2.75, 3.05) is 27.3 Å². The Labute approximate surface area is 76.9 Å². The molecule has 0 aliphatic rings. The van der Waals surface area contributed by atoms with Gasteiger partial charge in [0.1, 0.15) is 0 Å². The maximum atomic E-state index is 5.05. The van der Waals surface area contributed by atoms with E-state index in [1.165, 1.54) is 6.42 Å². The van der Waals surface area contributed by atoms with E-state index in [0.29, 0.717) is 6.04 Å². The summed E-state index contributed by atoms with van der Waals surface area (Å²) < 4.78 is 5.05. The monoisotopic (exact) mass is 173 g/mol. The maximum Gasteiger partial charge on any atom is 0.0589 e. The van der Waals surface area contributed by atoms with Crippen molar-refractivity contribution in [1.82, 2.24) is 4.90 Å². The van der Waals surface area contributed by atoms with Gasteiger partial charge in [-0.3, -0.25) is 0 Å². The zero-order chi connectivity index (χ0) is 9.56.